The summed E-state index contributed by atoms with van der Waals surface area (Å²) in [5.74, 6) is 0.104. The molecule has 0 bridgehead atoms. The first-order chi connectivity index (χ1) is 9.22. The summed E-state index contributed by atoms with van der Waals surface area (Å²) in [6.45, 7) is 3.81. The van der Waals surface area contributed by atoms with Gasteiger partial charge in [-0.1, -0.05) is 68.7 Å². The van der Waals surface area contributed by atoms with Crippen LogP contribution in [0.1, 0.15) is 51.5 Å². The fourth-order valence-corrected chi connectivity index (χ4v) is 1.95. The molecule has 0 saturated heterocycles. The first-order valence-electron chi connectivity index (χ1n) is 7.16. The van der Waals surface area contributed by atoms with E-state index < -0.39 is 0 Å². The molecule has 1 nitrogen and oxygen atoms in total. The van der Waals surface area contributed by atoms with Crippen LogP contribution in [0.25, 0.3) is 6.08 Å². The molecule has 1 heteroatoms. The maximum absolute atomic E-state index is 11.1. The van der Waals surface area contributed by atoms with E-state index in [1.54, 1.807) is 13.0 Å². The normalized spacial score (nSPS) is 12.0. The Kier molecular flexibility index (Phi) is 7.57. The minimum absolute atomic E-state index is 0.104. The van der Waals surface area contributed by atoms with Crippen molar-refractivity contribution in [2.45, 2.75) is 46.0 Å². The highest BCUT2D eigenvalue weighted by Crippen LogP contribution is 2.15. The summed E-state index contributed by atoms with van der Waals surface area (Å²) in [7, 11) is 0. The zero-order valence-electron chi connectivity index (χ0n) is 12.1. The van der Waals surface area contributed by atoms with Gasteiger partial charge in [-0.15, -0.1) is 0 Å². The van der Waals surface area contributed by atoms with E-state index in [2.05, 4.69) is 25.1 Å². The summed E-state index contributed by atoms with van der Waals surface area (Å²) < 4.78 is 0. The molecule has 0 unspecified atom stereocenters. The molecule has 0 aliphatic carbocycles. The highest BCUT2D eigenvalue weighted by atomic mass is 16.1. The lowest BCUT2D eigenvalue weighted by molar-refractivity contribution is -0.112. The fourth-order valence-electron chi connectivity index (χ4n) is 1.95. The molecule has 0 aliphatic rings. The Morgan fingerprint density at radius 3 is 2.42 bits per heavy atom. The third-order valence-corrected chi connectivity index (χ3v) is 3.00. The third kappa shape index (κ3) is 7.40. The lowest BCUT2D eigenvalue weighted by Crippen LogP contribution is -1.86. The van der Waals surface area contributed by atoms with Crippen molar-refractivity contribution in [3.8, 4) is 0 Å². The van der Waals surface area contributed by atoms with Crippen molar-refractivity contribution < 1.29 is 4.79 Å². The molecule has 0 fully saturated rings. The van der Waals surface area contributed by atoms with Crippen LogP contribution in [0.2, 0.25) is 0 Å². The second-order valence-electron chi connectivity index (χ2n) is 4.88. The van der Waals surface area contributed by atoms with Crippen molar-refractivity contribution in [2.75, 3.05) is 0 Å². The van der Waals surface area contributed by atoms with Gasteiger partial charge in [-0.2, -0.15) is 0 Å². The molecule has 0 amide bonds. The molecular formula is C18H24O. The van der Waals surface area contributed by atoms with E-state index in [4.69, 9.17) is 0 Å². The van der Waals surface area contributed by atoms with Gasteiger partial charge in [-0.3, -0.25) is 4.79 Å². The monoisotopic (exact) mass is 256 g/mol. The number of hydrogen-bond donors (Lipinski definition) is 0. The van der Waals surface area contributed by atoms with E-state index in [0.717, 1.165) is 6.42 Å². The summed E-state index contributed by atoms with van der Waals surface area (Å²) in [6.07, 6.45) is 11.8. The molecule has 0 spiro atoms. The van der Waals surface area contributed by atoms with E-state index in [0.29, 0.717) is 0 Å². The van der Waals surface area contributed by atoms with Crippen LogP contribution in [0.5, 0.6) is 0 Å². The molecule has 0 aliphatic heterocycles. The molecule has 0 radical (unpaired) electrons. The van der Waals surface area contributed by atoms with Gasteiger partial charge in [0.15, 0.2) is 5.78 Å². The molecule has 0 heterocycles. The molecular weight excluding hydrogens is 232 g/mol. The largest absolute Gasteiger partial charge is 0.295 e. The summed E-state index contributed by atoms with van der Waals surface area (Å²) in [5.41, 5.74) is 2.43. The van der Waals surface area contributed by atoms with Crippen molar-refractivity contribution in [1.29, 1.82) is 0 Å². The molecule has 19 heavy (non-hydrogen) atoms. The van der Waals surface area contributed by atoms with Gasteiger partial charge in [0.1, 0.15) is 0 Å². The van der Waals surface area contributed by atoms with E-state index in [1.165, 1.54) is 36.8 Å². The Morgan fingerprint density at radius 2 is 1.79 bits per heavy atom. The van der Waals surface area contributed by atoms with Crippen molar-refractivity contribution in [2.24, 2.45) is 0 Å². The van der Waals surface area contributed by atoms with E-state index >= 15 is 0 Å². The second kappa shape index (κ2) is 9.32. The summed E-state index contributed by atoms with van der Waals surface area (Å²) in [4.78, 5) is 11.1. The quantitative estimate of drug-likeness (QED) is 0.355. The van der Waals surface area contributed by atoms with Crippen molar-refractivity contribution >= 4 is 11.9 Å². The smallest absolute Gasteiger partial charge is 0.152 e. The minimum atomic E-state index is 0.104. The molecule has 102 valence electrons. The predicted molar refractivity (Wildman–Crippen MR) is 83.0 cm³/mol. The molecule has 0 saturated carbocycles. The second-order valence-corrected chi connectivity index (χ2v) is 4.88. The van der Waals surface area contributed by atoms with Gasteiger partial charge in [0.2, 0.25) is 0 Å². The average molecular weight is 256 g/mol. The number of benzene rings is 1. The molecule has 0 N–H and O–H groups in total. The predicted octanol–water partition coefficient (Wildman–Crippen LogP) is 5.19. The van der Waals surface area contributed by atoms with E-state index in [9.17, 15) is 4.79 Å². The number of hydrogen-bond acceptors (Lipinski definition) is 1. The summed E-state index contributed by atoms with van der Waals surface area (Å²) in [6, 6.07) is 10.3. The Bertz CT molecular complexity index is 426. The van der Waals surface area contributed by atoms with Crippen molar-refractivity contribution in [3.63, 3.8) is 0 Å². The summed E-state index contributed by atoms with van der Waals surface area (Å²) in [5, 5.41) is 0. The number of ketones is 1. The summed E-state index contributed by atoms with van der Waals surface area (Å²) >= 11 is 0. The van der Waals surface area contributed by atoms with Gasteiger partial charge >= 0.3 is 0 Å². The van der Waals surface area contributed by atoms with Crippen molar-refractivity contribution in [3.05, 3.63) is 53.6 Å². The highest BCUT2D eigenvalue weighted by molar-refractivity contribution is 5.87. The van der Waals surface area contributed by atoms with E-state index in [-0.39, 0.29) is 5.78 Å². The minimum Gasteiger partial charge on any atom is -0.295 e. The number of carbonyl (C=O) groups is 1. The number of allylic oxidation sites excluding steroid dienone is 3. The van der Waals surface area contributed by atoms with Crippen LogP contribution in [0.4, 0.5) is 0 Å². The number of rotatable bonds is 8. The molecule has 1 aromatic carbocycles. The van der Waals surface area contributed by atoms with Crippen LogP contribution in [0, 0.1) is 0 Å². The van der Waals surface area contributed by atoms with Crippen LogP contribution in [0.3, 0.4) is 0 Å². The van der Waals surface area contributed by atoms with Crippen molar-refractivity contribution in [1.82, 2.24) is 0 Å². The molecule has 0 aromatic heterocycles. The van der Waals surface area contributed by atoms with Gasteiger partial charge in [-0.05, 0) is 37.0 Å². The number of unbranched alkanes of at least 4 members (excludes halogenated alkanes) is 3. The molecule has 0 atom stereocenters. The van der Waals surface area contributed by atoms with Gasteiger partial charge in [-0.25, -0.2) is 0 Å². The highest BCUT2D eigenvalue weighted by Gasteiger charge is 1.96. The van der Waals surface area contributed by atoms with Crippen LogP contribution in [-0.2, 0) is 4.79 Å². The fraction of sp³-hybridized carbons (Fsp3) is 0.389. The zero-order chi connectivity index (χ0) is 13.9. The SMILES string of the molecule is CCCCCCC(=Cc1ccccc1)/C=C/C(C)=O. The topological polar surface area (TPSA) is 17.1 Å². The van der Waals surface area contributed by atoms with Crippen LogP contribution in [0.15, 0.2) is 48.1 Å². The van der Waals surface area contributed by atoms with E-state index in [1.807, 2.05) is 24.3 Å². The first kappa shape index (κ1) is 15.4. The van der Waals surface area contributed by atoms with Gasteiger partial charge in [0, 0.05) is 0 Å². The Hall–Kier alpha value is -1.63. The van der Waals surface area contributed by atoms with Gasteiger partial charge in [0.25, 0.3) is 0 Å². The maximum Gasteiger partial charge on any atom is 0.152 e. The molecule has 1 rings (SSSR count). The number of carbonyl (C=O) groups excluding carboxylic acids is 1. The first-order valence-corrected chi connectivity index (χ1v) is 7.16. The standard InChI is InChI=1S/C18H24O/c1-3-4-5-7-12-18(14-13-16(2)19)15-17-10-8-6-9-11-17/h6,8-11,13-15H,3-5,7,12H2,1-2H3/b14-13+,18-15?. The maximum atomic E-state index is 11.1. The Morgan fingerprint density at radius 1 is 1.05 bits per heavy atom. The average Bonchev–Trinajstić information content (AvgIpc) is 2.41. The molecule has 1 aromatic rings. The third-order valence-electron chi connectivity index (χ3n) is 3.00. The van der Waals surface area contributed by atoms with Crippen LogP contribution in [-0.4, -0.2) is 5.78 Å². The Labute approximate surface area is 117 Å². The lowest BCUT2D eigenvalue weighted by Gasteiger charge is -2.03. The van der Waals surface area contributed by atoms with Gasteiger partial charge in [0.05, 0.1) is 0 Å². The van der Waals surface area contributed by atoms with Crippen LogP contribution >= 0.6 is 0 Å². The zero-order valence-corrected chi connectivity index (χ0v) is 12.1. The lowest BCUT2D eigenvalue weighted by atomic mass is 10.0. The van der Waals surface area contributed by atoms with Crippen LogP contribution < -0.4 is 0 Å². The van der Waals surface area contributed by atoms with Gasteiger partial charge < -0.3 is 0 Å². The Balaban J connectivity index is 2.68.